The zero-order chi connectivity index (χ0) is 14.5. The number of carbonyl (C=O) groups excluding carboxylic acids is 1. The van der Waals surface area contributed by atoms with Crippen LogP contribution in [0.3, 0.4) is 0 Å². The molecule has 118 valence electrons. The summed E-state index contributed by atoms with van der Waals surface area (Å²) in [6.45, 7) is 1.98. The molecular formula is C16H21ClN4O. The molecule has 0 unspecified atom stereocenters. The van der Waals surface area contributed by atoms with Crippen molar-refractivity contribution in [1.82, 2.24) is 20.4 Å². The van der Waals surface area contributed by atoms with Gasteiger partial charge in [0.05, 0.1) is 12.1 Å². The Bertz CT molecular complexity index is 577. The van der Waals surface area contributed by atoms with E-state index in [1.54, 1.807) is 10.9 Å². The highest BCUT2D eigenvalue weighted by molar-refractivity contribution is 5.85. The summed E-state index contributed by atoms with van der Waals surface area (Å²) in [6, 6.07) is 10.2. The molecule has 2 aromatic rings. The smallest absolute Gasteiger partial charge is 0.224 e. The van der Waals surface area contributed by atoms with Crippen LogP contribution in [0.2, 0.25) is 0 Å². The lowest BCUT2D eigenvalue weighted by atomic mass is 10.1. The molecule has 2 N–H and O–H groups in total. The van der Waals surface area contributed by atoms with E-state index in [2.05, 4.69) is 15.7 Å². The second kappa shape index (κ2) is 7.96. The van der Waals surface area contributed by atoms with Crippen LogP contribution in [0, 0.1) is 0 Å². The monoisotopic (exact) mass is 320 g/mol. The van der Waals surface area contributed by atoms with Crippen LogP contribution < -0.4 is 10.6 Å². The van der Waals surface area contributed by atoms with E-state index in [0.717, 1.165) is 37.2 Å². The molecule has 0 bridgehead atoms. The first-order valence-corrected chi connectivity index (χ1v) is 7.40. The fraction of sp³-hybridized carbons (Fsp3) is 0.375. The van der Waals surface area contributed by atoms with Crippen molar-refractivity contribution in [1.29, 1.82) is 0 Å². The molecule has 0 aliphatic carbocycles. The van der Waals surface area contributed by atoms with Crippen molar-refractivity contribution in [3.63, 3.8) is 0 Å². The number of rotatable bonds is 4. The van der Waals surface area contributed by atoms with Crippen LogP contribution in [-0.2, 0) is 11.2 Å². The Morgan fingerprint density at radius 3 is 2.64 bits per heavy atom. The number of piperidine rings is 1. The second-order valence-electron chi connectivity index (χ2n) is 5.39. The highest BCUT2D eigenvalue weighted by Crippen LogP contribution is 2.10. The lowest BCUT2D eigenvalue weighted by Crippen LogP contribution is -2.43. The number of nitrogens with one attached hydrogen (secondary N) is 2. The van der Waals surface area contributed by atoms with Gasteiger partial charge in [-0.05, 0) is 49.7 Å². The molecule has 22 heavy (non-hydrogen) atoms. The number of carbonyl (C=O) groups is 1. The minimum absolute atomic E-state index is 0. The van der Waals surface area contributed by atoms with Gasteiger partial charge >= 0.3 is 0 Å². The third-order valence-corrected chi connectivity index (χ3v) is 3.77. The Kier molecular flexibility index (Phi) is 5.98. The molecule has 1 amide bonds. The van der Waals surface area contributed by atoms with Crippen LogP contribution in [0.4, 0.5) is 0 Å². The van der Waals surface area contributed by atoms with E-state index in [1.807, 2.05) is 36.5 Å². The molecule has 0 saturated carbocycles. The van der Waals surface area contributed by atoms with Gasteiger partial charge in [-0.2, -0.15) is 5.10 Å². The Morgan fingerprint density at radius 1 is 1.27 bits per heavy atom. The molecule has 0 radical (unpaired) electrons. The minimum Gasteiger partial charge on any atom is -0.353 e. The van der Waals surface area contributed by atoms with Crippen LogP contribution in [-0.4, -0.2) is 34.8 Å². The Morgan fingerprint density at radius 2 is 2.00 bits per heavy atom. The lowest BCUT2D eigenvalue weighted by Gasteiger charge is -2.23. The van der Waals surface area contributed by atoms with Crippen LogP contribution in [0.15, 0.2) is 42.7 Å². The van der Waals surface area contributed by atoms with E-state index < -0.39 is 0 Å². The lowest BCUT2D eigenvalue weighted by molar-refractivity contribution is -0.121. The molecule has 3 rings (SSSR count). The summed E-state index contributed by atoms with van der Waals surface area (Å²) in [5.74, 6) is 0.105. The summed E-state index contributed by atoms with van der Waals surface area (Å²) < 4.78 is 1.80. The maximum absolute atomic E-state index is 12.0. The molecule has 1 aromatic heterocycles. The van der Waals surface area contributed by atoms with E-state index in [-0.39, 0.29) is 18.3 Å². The fourth-order valence-electron chi connectivity index (χ4n) is 2.62. The molecule has 2 heterocycles. The number of hydrogen-bond acceptors (Lipinski definition) is 3. The number of halogens is 1. The van der Waals surface area contributed by atoms with Gasteiger partial charge in [0.25, 0.3) is 0 Å². The largest absolute Gasteiger partial charge is 0.353 e. The van der Waals surface area contributed by atoms with E-state index in [4.69, 9.17) is 0 Å². The van der Waals surface area contributed by atoms with Crippen molar-refractivity contribution >= 4 is 18.3 Å². The average molecular weight is 321 g/mol. The maximum Gasteiger partial charge on any atom is 0.224 e. The maximum atomic E-state index is 12.0. The molecular weight excluding hydrogens is 300 g/mol. The van der Waals surface area contributed by atoms with Crippen molar-refractivity contribution in [2.45, 2.75) is 25.3 Å². The summed E-state index contributed by atoms with van der Waals surface area (Å²) in [5.41, 5.74) is 2.03. The highest BCUT2D eigenvalue weighted by Gasteiger charge is 2.15. The minimum atomic E-state index is 0. The first kappa shape index (κ1) is 16.5. The summed E-state index contributed by atoms with van der Waals surface area (Å²) in [5, 5.41) is 10.6. The molecule has 1 saturated heterocycles. The van der Waals surface area contributed by atoms with E-state index in [0.29, 0.717) is 12.5 Å². The third-order valence-electron chi connectivity index (χ3n) is 3.77. The third kappa shape index (κ3) is 4.32. The zero-order valence-electron chi connectivity index (χ0n) is 12.4. The van der Waals surface area contributed by atoms with E-state index >= 15 is 0 Å². The van der Waals surface area contributed by atoms with Gasteiger partial charge in [0.1, 0.15) is 0 Å². The van der Waals surface area contributed by atoms with E-state index in [9.17, 15) is 4.79 Å². The molecule has 1 aliphatic heterocycles. The molecule has 1 aliphatic rings. The Hall–Kier alpha value is -1.85. The summed E-state index contributed by atoms with van der Waals surface area (Å²) in [6.07, 6.45) is 6.12. The van der Waals surface area contributed by atoms with Crippen molar-refractivity contribution in [2.24, 2.45) is 0 Å². The van der Waals surface area contributed by atoms with E-state index in [1.165, 1.54) is 0 Å². The first-order chi connectivity index (χ1) is 10.3. The summed E-state index contributed by atoms with van der Waals surface area (Å²) >= 11 is 0. The number of amides is 1. The van der Waals surface area contributed by atoms with Gasteiger partial charge in [-0.25, -0.2) is 4.68 Å². The van der Waals surface area contributed by atoms with Gasteiger partial charge in [-0.15, -0.1) is 12.4 Å². The number of nitrogens with zero attached hydrogens (tertiary/aromatic N) is 2. The zero-order valence-corrected chi connectivity index (χ0v) is 13.2. The second-order valence-corrected chi connectivity index (χ2v) is 5.39. The van der Waals surface area contributed by atoms with Gasteiger partial charge in [0.15, 0.2) is 0 Å². The van der Waals surface area contributed by atoms with Crippen LogP contribution in [0.1, 0.15) is 18.4 Å². The molecule has 0 spiro atoms. The Balaban J connectivity index is 0.00000176. The highest BCUT2D eigenvalue weighted by atomic mass is 35.5. The van der Waals surface area contributed by atoms with Gasteiger partial charge < -0.3 is 10.6 Å². The quantitative estimate of drug-likeness (QED) is 0.901. The van der Waals surface area contributed by atoms with Crippen LogP contribution >= 0.6 is 12.4 Å². The van der Waals surface area contributed by atoms with Crippen LogP contribution in [0.5, 0.6) is 0 Å². The van der Waals surface area contributed by atoms with Gasteiger partial charge in [-0.1, -0.05) is 12.1 Å². The summed E-state index contributed by atoms with van der Waals surface area (Å²) in [4.78, 5) is 12.0. The normalized spacial score (nSPS) is 15.1. The number of hydrogen-bond donors (Lipinski definition) is 2. The number of aromatic nitrogens is 2. The SMILES string of the molecule is Cl.O=C(Cc1ccc(-n2cccn2)cc1)NC1CCNCC1. The molecule has 6 heteroatoms. The van der Waals surface area contributed by atoms with Crippen molar-refractivity contribution in [3.05, 3.63) is 48.3 Å². The van der Waals surface area contributed by atoms with Gasteiger partial charge in [-0.3, -0.25) is 4.79 Å². The van der Waals surface area contributed by atoms with Gasteiger partial charge in [0.2, 0.25) is 5.91 Å². The molecule has 0 atom stereocenters. The standard InChI is InChI=1S/C16H20N4O.ClH/c21-16(19-14-6-9-17-10-7-14)12-13-2-4-15(5-3-13)20-11-1-8-18-20;/h1-5,8,11,14,17H,6-7,9-10,12H2,(H,19,21);1H. The predicted molar refractivity (Wildman–Crippen MR) is 88.6 cm³/mol. The predicted octanol–water partition coefficient (Wildman–Crippen LogP) is 1.70. The molecule has 1 aromatic carbocycles. The fourth-order valence-corrected chi connectivity index (χ4v) is 2.62. The Labute approximate surface area is 136 Å². The topological polar surface area (TPSA) is 59.0 Å². The number of benzene rings is 1. The van der Waals surface area contributed by atoms with Gasteiger partial charge in [0, 0.05) is 18.4 Å². The summed E-state index contributed by atoms with van der Waals surface area (Å²) in [7, 11) is 0. The first-order valence-electron chi connectivity index (χ1n) is 7.40. The van der Waals surface area contributed by atoms with Crippen molar-refractivity contribution in [2.75, 3.05) is 13.1 Å². The average Bonchev–Trinajstić information content (AvgIpc) is 3.03. The van der Waals surface area contributed by atoms with Crippen molar-refractivity contribution in [3.8, 4) is 5.69 Å². The molecule has 5 nitrogen and oxygen atoms in total. The van der Waals surface area contributed by atoms with Crippen LogP contribution in [0.25, 0.3) is 5.69 Å². The van der Waals surface area contributed by atoms with Crippen molar-refractivity contribution < 1.29 is 4.79 Å². The molecule has 1 fully saturated rings.